The number of carbonyl (C=O) groups is 1. The van der Waals surface area contributed by atoms with Gasteiger partial charge in [0.1, 0.15) is 0 Å². The third-order valence-electron chi connectivity index (χ3n) is 5.54. The normalized spacial score (nSPS) is 14.7. The summed E-state index contributed by atoms with van der Waals surface area (Å²) in [5.74, 6) is -0.324. The molecule has 1 saturated heterocycles. The number of thioether (sulfide) groups is 1. The minimum absolute atomic E-state index is 0.00499. The number of sulfonamides is 1. The van der Waals surface area contributed by atoms with Crippen molar-refractivity contribution in [2.75, 3.05) is 24.2 Å². The first kappa shape index (κ1) is 24.2. The fourth-order valence-corrected chi connectivity index (χ4v) is 6.24. The number of amides is 1. The van der Waals surface area contributed by atoms with Gasteiger partial charge in [0.25, 0.3) is 5.56 Å². The van der Waals surface area contributed by atoms with E-state index in [4.69, 9.17) is 0 Å². The number of aromatic nitrogens is 2. The quantitative estimate of drug-likeness (QED) is 0.290. The number of allylic oxidation sites excluding steroid dienone is 1. The summed E-state index contributed by atoms with van der Waals surface area (Å²) in [7, 11) is -3.59. The van der Waals surface area contributed by atoms with E-state index < -0.39 is 10.0 Å². The smallest absolute Gasteiger partial charge is 0.262 e. The maximum atomic E-state index is 12.9. The van der Waals surface area contributed by atoms with Crippen molar-refractivity contribution in [3.05, 3.63) is 71.5 Å². The molecule has 3 aromatic rings. The van der Waals surface area contributed by atoms with Crippen molar-refractivity contribution in [1.82, 2.24) is 13.9 Å². The Bertz CT molecular complexity index is 1380. The van der Waals surface area contributed by atoms with E-state index in [9.17, 15) is 18.0 Å². The zero-order valence-corrected chi connectivity index (χ0v) is 20.3. The molecule has 0 saturated carbocycles. The van der Waals surface area contributed by atoms with Gasteiger partial charge < -0.3 is 5.32 Å². The van der Waals surface area contributed by atoms with Gasteiger partial charge >= 0.3 is 0 Å². The number of benzene rings is 2. The van der Waals surface area contributed by atoms with E-state index in [0.29, 0.717) is 34.8 Å². The summed E-state index contributed by atoms with van der Waals surface area (Å²) < 4.78 is 28.9. The molecule has 0 radical (unpaired) electrons. The molecule has 8 nitrogen and oxygen atoms in total. The van der Waals surface area contributed by atoms with Crippen LogP contribution in [0.1, 0.15) is 19.3 Å². The van der Waals surface area contributed by atoms with Crippen molar-refractivity contribution in [2.45, 2.75) is 35.9 Å². The number of piperidine rings is 1. The molecule has 2 aromatic carbocycles. The second-order valence-electron chi connectivity index (χ2n) is 7.95. The highest BCUT2D eigenvalue weighted by molar-refractivity contribution is 7.99. The van der Waals surface area contributed by atoms with Gasteiger partial charge in [0.15, 0.2) is 5.16 Å². The zero-order chi connectivity index (χ0) is 24.1. The van der Waals surface area contributed by atoms with E-state index in [2.05, 4.69) is 16.9 Å². The molecule has 1 fully saturated rings. The molecular weight excluding hydrogens is 472 g/mol. The van der Waals surface area contributed by atoms with Crippen LogP contribution in [-0.4, -0.2) is 47.0 Å². The topological polar surface area (TPSA) is 101 Å². The molecule has 2 heterocycles. The van der Waals surface area contributed by atoms with Crippen molar-refractivity contribution >= 4 is 44.3 Å². The van der Waals surface area contributed by atoms with E-state index in [-0.39, 0.29) is 28.7 Å². The van der Waals surface area contributed by atoms with Crippen molar-refractivity contribution in [1.29, 1.82) is 0 Å². The Kier molecular flexibility index (Phi) is 7.50. The molecule has 1 aliphatic rings. The Morgan fingerprint density at radius 1 is 1.12 bits per heavy atom. The number of nitrogens with zero attached hydrogens (tertiary/aromatic N) is 3. The number of fused-ring (bicyclic) bond motifs is 1. The maximum absolute atomic E-state index is 12.9. The first-order valence-electron chi connectivity index (χ1n) is 11.0. The lowest BCUT2D eigenvalue weighted by molar-refractivity contribution is -0.113. The standard InChI is InChI=1S/C24H26N4O4S2/c1-2-13-28-23(30)20-11-4-5-12-21(20)26-24(28)33-17-22(29)25-18-9-8-10-19(16-18)34(31,32)27-14-6-3-7-15-27/h2,4-5,8-12,16H,1,3,6-7,13-15,17H2,(H,25,29). The molecule has 4 rings (SSSR count). The maximum Gasteiger partial charge on any atom is 0.262 e. The van der Waals surface area contributed by atoms with E-state index >= 15 is 0 Å². The van der Waals surface area contributed by atoms with Crippen LogP contribution in [0.15, 0.2) is 76.0 Å². The summed E-state index contributed by atoms with van der Waals surface area (Å²) in [6, 6.07) is 13.4. The van der Waals surface area contributed by atoms with Crippen LogP contribution in [0.4, 0.5) is 5.69 Å². The monoisotopic (exact) mass is 498 g/mol. The van der Waals surface area contributed by atoms with Crippen LogP contribution >= 0.6 is 11.8 Å². The van der Waals surface area contributed by atoms with Crippen molar-refractivity contribution in [3.63, 3.8) is 0 Å². The first-order valence-corrected chi connectivity index (χ1v) is 13.5. The van der Waals surface area contributed by atoms with Gasteiger partial charge in [-0.25, -0.2) is 13.4 Å². The average molecular weight is 499 g/mol. The Morgan fingerprint density at radius 3 is 2.65 bits per heavy atom. The molecule has 1 aromatic heterocycles. The highest BCUT2D eigenvalue weighted by atomic mass is 32.2. The molecule has 0 unspecified atom stereocenters. The van der Waals surface area contributed by atoms with Crippen LogP contribution in [-0.2, 0) is 21.4 Å². The van der Waals surface area contributed by atoms with E-state index in [1.807, 2.05) is 0 Å². The van der Waals surface area contributed by atoms with Gasteiger partial charge in [0, 0.05) is 25.3 Å². The fourth-order valence-electron chi connectivity index (χ4n) is 3.86. The number of nitrogens with one attached hydrogen (secondary N) is 1. The molecule has 1 N–H and O–H groups in total. The highest BCUT2D eigenvalue weighted by Gasteiger charge is 2.26. The van der Waals surface area contributed by atoms with E-state index in [0.717, 1.165) is 31.0 Å². The van der Waals surface area contributed by atoms with Crippen LogP contribution in [0.25, 0.3) is 10.9 Å². The molecule has 0 spiro atoms. The lowest BCUT2D eigenvalue weighted by Gasteiger charge is -2.26. The minimum Gasteiger partial charge on any atom is -0.325 e. The van der Waals surface area contributed by atoms with E-state index in [1.54, 1.807) is 48.5 Å². The summed E-state index contributed by atoms with van der Waals surface area (Å²) in [6.07, 6.45) is 4.35. The average Bonchev–Trinajstić information content (AvgIpc) is 2.85. The molecule has 1 amide bonds. The Labute approximate surface area is 202 Å². The van der Waals surface area contributed by atoms with Gasteiger partial charge in [0.2, 0.25) is 15.9 Å². The van der Waals surface area contributed by atoms with E-state index in [1.165, 1.54) is 14.9 Å². The molecule has 10 heteroatoms. The summed E-state index contributed by atoms with van der Waals surface area (Å²) >= 11 is 1.14. The molecule has 0 aliphatic carbocycles. The summed E-state index contributed by atoms with van der Waals surface area (Å²) in [4.78, 5) is 30.2. The van der Waals surface area contributed by atoms with Crippen LogP contribution in [0, 0.1) is 0 Å². The van der Waals surface area contributed by atoms with Crippen molar-refractivity contribution < 1.29 is 13.2 Å². The second-order valence-corrected chi connectivity index (χ2v) is 10.8. The fraction of sp³-hybridized carbons (Fsp3) is 0.292. The zero-order valence-electron chi connectivity index (χ0n) is 18.6. The lowest BCUT2D eigenvalue weighted by Crippen LogP contribution is -2.35. The molecule has 34 heavy (non-hydrogen) atoms. The van der Waals surface area contributed by atoms with Crippen LogP contribution < -0.4 is 10.9 Å². The molecule has 178 valence electrons. The highest BCUT2D eigenvalue weighted by Crippen LogP contribution is 2.23. The number of para-hydroxylation sites is 1. The Morgan fingerprint density at radius 2 is 1.88 bits per heavy atom. The molecule has 1 aliphatic heterocycles. The second kappa shape index (κ2) is 10.5. The van der Waals surface area contributed by atoms with Crippen LogP contribution in [0.5, 0.6) is 0 Å². The third kappa shape index (κ3) is 5.24. The summed E-state index contributed by atoms with van der Waals surface area (Å²) in [5, 5.41) is 3.67. The Balaban J connectivity index is 1.48. The predicted molar refractivity (Wildman–Crippen MR) is 135 cm³/mol. The van der Waals surface area contributed by atoms with Crippen molar-refractivity contribution in [3.8, 4) is 0 Å². The number of rotatable bonds is 8. The van der Waals surface area contributed by atoms with Crippen molar-refractivity contribution in [2.24, 2.45) is 0 Å². The van der Waals surface area contributed by atoms with Crippen LogP contribution in [0.3, 0.4) is 0 Å². The van der Waals surface area contributed by atoms with Crippen LogP contribution in [0.2, 0.25) is 0 Å². The van der Waals surface area contributed by atoms with Gasteiger partial charge in [-0.1, -0.05) is 42.5 Å². The lowest BCUT2D eigenvalue weighted by atomic mass is 10.2. The Hall–Kier alpha value is -2.95. The first-order chi connectivity index (χ1) is 16.4. The molecular formula is C24H26N4O4S2. The van der Waals surface area contributed by atoms with Gasteiger partial charge in [0.05, 0.1) is 21.6 Å². The van der Waals surface area contributed by atoms with Gasteiger partial charge in [-0.2, -0.15) is 4.31 Å². The van der Waals surface area contributed by atoms with Gasteiger partial charge in [-0.15, -0.1) is 6.58 Å². The van der Waals surface area contributed by atoms with Gasteiger partial charge in [-0.3, -0.25) is 14.2 Å². The summed E-state index contributed by atoms with van der Waals surface area (Å²) in [5.41, 5.74) is 0.772. The van der Waals surface area contributed by atoms with Gasteiger partial charge in [-0.05, 0) is 43.2 Å². The number of carbonyl (C=O) groups excluding carboxylic acids is 1. The number of hydrogen-bond acceptors (Lipinski definition) is 6. The predicted octanol–water partition coefficient (Wildman–Crippen LogP) is 3.49. The summed E-state index contributed by atoms with van der Waals surface area (Å²) in [6.45, 7) is 5.01. The minimum atomic E-state index is -3.59. The molecule has 0 atom stereocenters. The number of anilines is 1. The largest absolute Gasteiger partial charge is 0.325 e. The number of hydrogen-bond donors (Lipinski definition) is 1. The molecule has 0 bridgehead atoms. The third-order valence-corrected chi connectivity index (χ3v) is 8.41. The SMILES string of the molecule is C=CCn1c(SCC(=O)Nc2cccc(S(=O)(=O)N3CCCCC3)c2)nc2ccccc2c1=O.